The van der Waals surface area contributed by atoms with E-state index in [1.54, 1.807) is 12.1 Å². The van der Waals surface area contributed by atoms with Crippen LogP contribution in [-0.2, 0) is 16.0 Å². The van der Waals surface area contributed by atoms with Crippen molar-refractivity contribution in [2.45, 2.75) is 13.3 Å². The lowest BCUT2D eigenvalue weighted by Gasteiger charge is -2.23. The Labute approximate surface area is 170 Å². The van der Waals surface area contributed by atoms with Crippen LogP contribution in [0.25, 0.3) is 0 Å². The van der Waals surface area contributed by atoms with Crippen molar-refractivity contribution in [2.24, 2.45) is 0 Å². The molecule has 0 aliphatic rings. The molecule has 0 spiro atoms. The number of nitrogens with one attached hydrogen (secondary N) is 1. The van der Waals surface area contributed by atoms with Crippen LogP contribution in [0.15, 0.2) is 84.9 Å². The van der Waals surface area contributed by atoms with Crippen molar-refractivity contribution in [3.8, 4) is 11.5 Å². The number of carbonyl (C=O) groups is 2. The maximum atomic E-state index is 12.4. The van der Waals surface area contributed by atoms with E-state index in [9.17, 15) is 9.59 Å². The Kier molecular flexibility index (Phi) is 7.00. The normalized spacial score (nSPS) is 10.2. The highest BCUT2D eigenvalue weighted by atomic mass is 16.5. The van der Waals surface area contributed by atoms with Crippen LogP contribution >= 0.6 is 0 Å². The summed E-state index contributed by atoms with van der Waals surface area (Å²) in [4.78, 5) is 26.1. The van der Waals surface area contributed by atoms with E-state index in [0.29, 0.717) is 23.7 Å². The SMILES string of the molecule is CC(=O)N(CC(=O)NCCc1ccccc1)c1ccccc1Oc1ccccc1. The number of amides is 2. The molecule has 0 aromatic heterocycles. The summed E-state index contributed by atoms with van der Waals surface area (Å²) in [7, 11) is 0. The monoisotopic (exact) mass is 388 g/mol. The van der Waals surface area contributed by atoms with Gasteiger partial charge >= 0.3 is 0 Å². The Morgan fingerprint density at radius 3 is 2.17 bits per heavy atom. The minimum atomic E-state index is -0.229. The zero-order chi connectivity index (χ0) is 20.5. The van der Waals surface area contributed by atoms with Crippen LogP contribution in [0.2, 0.25) is 0 Å². The van der Waals surface area contributed by atoms with Gasteiger partial charge in [0.25, 0.3) is 0 Å². The molecule has 0 radical (unpaired) electrons. The second-order valence-electron chi connectivity index (χ2n) is 6.57. The van der Waals surface area contributed by atoms with Gasteiger partial charge in [-0.25, -0.2) is 0 Å². The van der Waals surface area contributed by atoms with Crippen LogP contribution in [0.4, 0.5) is 5.69 Å². The van der Waals surface area contributed by atoms with E-state index in [1.807, 2.05) is 72.8 Å². The van der Waals surface area contributed by atoms with Crippen LogP contribution in [0.5, 0.6) is 11.5 Å². The first kappa shape index (κ1) is 20.1. The first-order valence-corrected chi connectivity index (χ1v) is 9.54. The number of hydrogen-bond donors (Lipinski definition) is 1. The first-order valence-electron chi connectivity index (χ1n) is 9.54. The standard InChI is InChI=1S/C24H24N2O3/c1-19(27)26(18-24(28)25-17-16-20-10-4-2-5-11-20)22-14-8-9-15-23(22)29-21-12-6-3-7-13-21/h2-15H,16-18H2,1H3,(H,25,28). The summed E-state index contributed by atoms with van der Waals surface area (Å²) >= 11 is 0. The number of hydrogen-bond acceptors (Lipinski definition) is 3. The Bertz CT molecular complexity index is 943. The Hall–Kier alpha value is -3.60. The van der Waals surface area contributed by atoms with Crippen LogP contribution < -0.4 is 15.0 Å². The van der Waals surface area contributed by atoms with Gasteiger partial charge in [0.15, 0.2) is 5.75 Å². The summed E-state index contributed by atoms with van der Waals surface area (Å²) < 4.78 is 5.94. The Balaban J connectivity index is 1.66. The molecule has 2 amide bonds. The molecule has 5 nitrogen and oxygen atoms in total. The maximum Gasteiger partial charge on any atom is 0.240 e. The van der Waals surface area contributed by atoms with E-state index in [-0.39, 0.29) is 18.4 Å². The van der Waals surface area contributed by atoms with E-state index >= 15 is 0 Å². The summed E-state index contributed by atoms with van der Waals surface area (Å²) in [6.07, 6.45) is 0.736. The number of carbonyl (C=O) groups excluding carboxylic acids is 2. The molecule has 3 rings (SSSR count). The molecule has 0 aliphatic heterocycles. The van der Waals surface area contributed by atoms with Crippen molar-refractivity contribution in [1.82, 2.24) is 5.32 Å². The fraction of sp³-hybridized carbons (Fsp3) is 0.167. The third-order valence-electron chi connectivity index (χ3n) is 4.39. The summed E-state index contributed by atoms with van der Waals surface area (Å²) in [5.41, 5.74) is 1.71. The zero-order valence-corrected chi connectivity index (χ0v) is 16.4. The molecule has 3 aromatic rings. The second kappa shape index (κ2) is 10.1. The molecule has 0 aliphatic carbocycles. The fourth-order valence-corrected chi connectivity index (χ4v) is 2.94. The number of nitrogens with zero attached hydrogens (tertiary/aromatic N) is 1. The smallest absolute Gasteiger partial charge is 0.240 e. The largest absolute Gasteiger partial charge is 0.455 e. The van der Waals surface area contributed by atoms with Gasteiger partial charge in [0.1, 0.15) is 12.3 Å². The molecule has 0 bridgehead atoms. The van der Waals surface area contributed by atoms with Crippen LogP contribution in [0, 0.1) is 0 Å². The molecular weight excluding hydrogens is 364 g/mol. The van der Waals surface area contributed by atoms with Gasteiger partial charge in [0, 0.05) is 13.5 Å². The molecule has 148 valence electrons. The number of rotatable bonds is 8. The Morgan fingerprint density at radius 2 is 1.48 bits per heavy atom. The highest BCUT2D eigenvalue weighted by molar-refractivity contribution is 5.98. The van der Waals surface area contributed by atoms with Crippen LogP contribution in [-0.4, -0.2) is 24.9 Å². The predicted octanol–water partition coefficient (Wildman–Crippen LogP) is 4.19. The molecule has 5 heteroatoms. The van der Waals surface area contributed by atoms with Gasteiger partial charge in [-0.2, -0.15) is 0 Å². The minimum absolute atomic E-state index is 0.0702. The second-order valence-corrected chi connectivity index (χ2v) is 6.57. The van der Waals surface area contributed by atoms with Gasteiger partial charge in [-0.15, -0.1) is 0 Å². The summed E-state index contributed by atoms with van der Waals surface area (Å²) in [5, 5.41) is 2.88. The van der Waals surface area contributed by atoms with Crippen molar-refractivity contribution >= 4 is 17.5 Å². The van der Waals surface area contributed by atoms with Crippen molar-refractivity contribution in [3.63, 3.8) is 0 Å². The third kappa shape index (κ3) is 5.94. The average molecular weight is 388 g/mol. The molecule has 0 fully saturated rings. The molecule has 0 saturated carbocycles. The lowest BCUT2D eigenvalue weighted by atomic mass is 10.1. The summed E-state index contributed by atoms with van der Waals surface area (Å²) in [5.74, 6) is 0.736. The highest BCUT2D eigenvalue weighted by Crippen LogP contribution is 2.32. The van der Waals surface area contributed by atoms with E-state index in [0.717, 1.165) is 12.0 Å². The number of para-hydroxylation sites is 3. The van der Waals surface area contributed by atoms with Crippen molar-refractivity contribution in [3.05, 3.63) is 90.5 Å². The van der Waals surface area contributed by atoms with Crippen molar-refractivity contribution in [1.29, 1.82) is 0 Å². The Morgan fingerprint density at radius 1 is 0.862 bits per heavy atom. The van der Waals surface area contributed by atoms with E-state index in [1.165, 1.54) is 11.8 Å². The quantitative estimate of drug-likeness (QED) is 0.629. The molecule has 0 unspecified atom stereocenters. The maximum absolute atomic E-state index is 12.4. The molecule has 0 atom stereocenters. The summed E-state index contributed by atoms with van der Waals surface area (Å²) in [6, 6.07) is 26.5. The lowest BCUT2D eigenvalue weighted by Crippen LogP contribution is -2.40. The minimum Gasteiger partial charge on any atom is -0.455 e. The van der Waals surface area contributed by atoms with Gasteiger partial charge < -0.3 is 10.1 Å². The van der Waals surface area contributed by atoms with Gasteiger partial charge in [0.05, 0.1) is 5.69 Å². The molecule has 0 saturated heterocycles. The molecular formula is C24H24N2O3. The fourth-order valence-electron chi connectivity index (χ4n) is 2.94. The first-order chi connectivity index (χ1) is 14.1. The highest BCUT2D eigenvalue weighted by Gasteiger charge is 2.19. The average Bonchev–Trinajstić information content (AvgIpc) is 2.74. The number of benzene rings is 3. The van der Waals surface area contributed by atoms with Gasteiger partial charge in [0.2, 0.25) is 11.8 Å². The van der Waals surface area contributed by atoms with Crippen molar-refractivity contribution in [2.75, 3.05) is 18.0 Å². The number of ether oxygens (including phenoxy) is 1. The summed E-state index contributed by atoms with van der Waals surface area (Å²) in [6.45, 7) is 1.88. The van der Waals surface area contributed by atoms with Crippen LogP contribution in [0.1, 0.15) is 12.5 Å². The van der Waals surface area contributed by atoms with E-state index in [4.69, 9.17) is 4.74 Å². The lowest BCUT2D eigenvalue weighted by molar-refractivity contribution is -0.123. The van der Waals surface area contributed by atoms with E-state index < -0.39 is 0 Å². The zero-order valence-electron chi connectivity index (χ0n) is 16.4. The molecule has 0 heterocycles. The molecule has 3 aromatic carbocycles. The number of anilines is 1. The van der Waals surface area contributed by atoms with Gasteiger partial charge in [-0.1, -0.05) is 60.7 Å². The molecule has 29 heavy (non-hydrogen) atoms. The van der Waals surface area contributed by atoms with Gasteiger partial charge in [-0.05, 0) is 36.2 Å². The van der Waals surface area contributed by atoms with E-state index in [2.05, 4.69) is 5.32 Å². The molecule has 1 N–H and O–H groups in total. The van der Waals surface area contributed by atoms with Crippen LogP contribution in [0.3, 0.4) is 0 Å². The third-order valence-corrected chi connectivity index (χ3v) is 4.39. The van der Waals surface area contributed by atoms with Gasteiger partial charge in [-0.3, -0.25) is 14.5 Å². The van der Waals surface area contributed by atoms with Crippen molar-refractivity contribution < 1.29 is 14.3 Å². The topological polar surface area (TPSA) is 58.6 Å². The predicted molar refractivity (Wildman–Crippen MR) is 114 cm³/mol.